The van der Waals surface area contributed by atoms with Crippen molar-refractivity contribution in [2.75, 3.05) is 0 Å². The molecule has 102 valence electrons. The van der Waals surface area contributed by atoms with Crippen molar-refractivity contribution in [1.29, 1.82) is 0 Å². The first kappa shape index (κ1) is 14.2. The van der Waals surface area contributed by atoms with Crippen molar-refractivity contribution in [2.24, 2.45) is 0 Å². The van der Waals surface area contributed by atoms with Gasteiger partial charge < -0.3 is 0 Å². The second kappa shape index (κ2) is 5.41. The first-order valence-electron chi connectivity index (χ1n) is 6.64. The average molecular weight is 266 g/mol. The van der Waals surface area contributed by atoms with Crippen LogP contribution in [-0.4, -0.2) is 11.6 Å². The molecule has 0 spiro atoms. The van der Waals surface area contributed by atoms with E-state index >= 15 is 0 Å². The predicted octanol–water partition coefficient (Wildman–Crippen LogP) is 4.05. The maximum Gasteiger partial charge on any atom is 0.172 e. The summed E-state index contributed by atoms with van der Waals surface area (Å²) >= 11 is 0. The highest BCUT2D eigenvalue weighted by atomic mass is 16.1. The van der Waals surface area contributed by atoms with Crippen LogP contribution in [0.25, 0.3) is 0 Å². The number of rotatable bonds is 4. The summed E-state index contributed by atoms with van der Waals surface area (Å²) in [5, 5.41) is 0. The highest BCUT2D eigenvalue weighted by molar-refractivity contribution is 6.03. The normalized spacial score (nSPS) is 11.2. The van der Waals surface area contributed by atoms with Crippen LogP contribution in [0, 0.1) is 0 Å². The Morgan fingerprint density at radius 2 is 1.35 bits per heavy atom. The predicted molar refractivity (Wildman–Crippen MR) is 80.2 cm³/mol. The van der Waals surface area contributed by atoms with Gasteiger partial charge in [-0.3, -0.25) is 9.59 Å². The van der Waals surface area contributed by atoms with E-state index in [-0.39, 0.29) is 11.6 Å². The van der Waals surface area contributed by atoms with Crippen LogP contribution in [0.1, 0.15) is 47.1 Å². The van der Waals surface area contributed by atoms with Crippen LogP contribution in [0.15, 0.2) is 54.6 Å². The molecule has 0 saturated carbocycles. The number of Topliss-reactive ketones (excluding diaryl/α,β-unsaturated/α-hetero) is 2. The van der Waals surface area contributed by atoms with Crippen LogP contribution in [0.3, 0.4) is 0 Å². The fraction of sp³-hybridized carbons (Fsp3) is 0.222. The molecule has 0 saturated heterocycles. The first-order valence-corrected chi connectivity index (χ1v) is 6.64. The third-order valence-electron chi connectivity index (χ3n) is 3.62. The molecule has 2 aromatic carbocycles. The van der Waals surface area contributed by atoms with Gasteiger partial charge in [-0.1, -0.05) is 54.6 Å². The molecule has 0 fully saturated rings. The average Bonchev–Trinajstić information content (AvgIpc) is 2.47. The summed E-state index contributed by atoms with van der Waals surface area (Å²) < 4.78 is 0. The van der Waals surface area contributed by atoms with Crippen molar-refractivity contribution in [2.45, 2.75) is 26.2 Å². The van der Waals surface area contributed by atoms with Gasteiger partial charge in [0.15, 0.2) is 11.6 Å². The van der Waals surface area contributed by atoms with E-state index in [1.54, 1.807) is 12.1 Å². The smallest absolute Gasteiger partial charge is 0.172 e. The molecule has 0 radical (unpaired) electrons. The number of hydrogen-bond acceptors (Lipinski definition) is 2. The van der Waals surface area contributed by atoms with Crippen molar-refractivity contribution in [3.8, 4) is 0 Å². The maximum atomic E-state index is 12.6. The largest absolute Gasteiger partial charge is 0.295 e. The number of benzene rings is 2. The van der Waals surface area contributed by atoms with Crippen molar-refractivity contribution < 1.29 is 9.59 Å². The molecule has 0 heterocycles. The van der Waals surface area contributed by atoms with Gasteiger partial charge in [0, 0.05) is 11.1 Å². The van der Waals surface area contributed by atoms with E-state index in [0.717, 1.165) is 5.56 Å². The topological polar surface area (TPSA) is 34.1 Å². The fourth-order valence-corrected chi connectivity index (χ4v) is 2.20. The fourth-order valence-electron chi connectivity index (χ4n) is 2.20. The van der Waals surface area contributed by atoms with Crippen molar-refractivity contribution >= 4 is 11.6 Å². The number of carbonyl (C=O) groups excluding carboxylic acids is 2. The molecule has 0 aliphatic rings. The van der Waals surface area contributed by atoms with Crippen LogP contribution in [0.5, 0.6) is 0 Å². The zero-order valence-electron chi connectivity index (χ0n) is 12.0. The Labute approximate surface area is 119 Å². The number of hydrogen-bond donors (Lipinski definition) is 0. The Morgan fingerprint density at radius 3 is 1.85 bits per heavy atom. The Hall–Kier alpha value is -2.22. The van der Waals surface area contributed by atoms with E-state index in [2.05, 4.69) is 0 Å². The Kier molecular flexibility index (Phi) is 3.84. The molecule has 0 atom stereocenters. The molecular weight excluding hydrogens is 248 g/mol. The Morgan fingerprint density at radius 1 is 0.800 bits per heavy atom. The van der Waals surface area contributed by atoms with E-state index in [0.29, 0.717) is 11.1 Å². The van der Waals surface area contributed by atoms with Crippen molar-refractivity contribution in [3.05, 3.63) is 71.3 Å². The van der Waals surface area contributed by atoms with Crippen molar-refractivity contribution in [3.63, 3.8) is 0 Å². The van der Waals surface area contributed by atoms with Crippen LogP contribution < -0.4 is 0 Å². The summed E-state index contributed by atoms with van der Waals surface area (Å²) in [6, 6.07) is 16.5. The summed E-state index contributed by atoms with van der Waals surface area (Å²) in [5.74, 6) is 0.109. The van der Waals surface area contributed by atoms with E-state index in [4.69, 9.17) is 0 Å². The van der Waals surface area contributed by atoms with Gasteiger partial charge >= 0.3 is 0 Å². The van der Waals surface area contributed by atoms with Gasteiger partial charge in [0.2, 0.25) is 0 Å². The van der Waals surface area contributed by atoms with Crippen LogP contribution in [0.4, 0.5) is 0 Å². The highest BCUT2D eigenvalue weighted by Crippen LogP contribution is 2.28. The summed E-state index contributed by atoms with van der Waals surface area (Å²) in [4.78, 5) is 23.9. The maximum absolute atomic E-state index is 12.6. The lowest BCUT2D eigenvalue weighted by Crippen LogP contribution is -2.29. The first-order chi connectivity index (χ1) is 9.43. The van der Waals surface area contributed by atoms with Gasteiger partial charge in [0.25, 0.3) is 0 Å². The standard InChI is InChI=1S/C18H18O2/c1-13(19)14-9-11-16(12-10-14)18(2,3)17(20)15-7-5-4-6-8-15/h4-12H,1-3H3. The van der Waals surface area contributed by atoms with E-state index < -0.39 is 5.41 Å². The molecule has 0 bridgehead atoms. The molecule has 0 amide bonds. The zero-order valence-corrected chi connectivity index (χ0v) is 12.0. The summed E-state index contributed by atoms with van der Waals surface area (Å²) in [7, 11) is 0. The second-order valence-corrected chi connectivity index (χ2v) is 5.45. The zero-order chi connectivity index (χ0) is 14.8. The molecule has 0 unspecified atom stereocenters. The molecule has 2 nitrogen and oxygen atoms in total. The molecule has 2 rings (SSSR count). The van der Waals surface area contributed by atoms with Gasteiger partial charge in [0.05, 0.1) is 5.41 Å². The minimum Gasteiger partial charge on any atom is -0.295 e. The van der Waals surface area contributed by atoms with Gasteiger partial charge in [-0.2, -0.15) is 0 Å². The van der Waals surface area contributed by atoms with E-state index in [9.17, 15) is 9.59 Å². The van der Waals surface area contributed by atoms with Crippen LogP contribution in [-0.2, 0) is 5.41 Å². The van der Waals surface area contributed by atoms with Crippen LogP contribution >= 0.6 is 0 Å². The molecule has 2 heteroatoms. The molecule has 0 aliphatic heterocycles. The van der Waals surface area contributed by atoms with E-state index in [1.165, 1.54) is 6.92 Å². The summed E-state index contributed by atoms with van der Waals surface area (Å²) in [5.41, 5.74) is 1.66. The van der Waals surface area contributed by atoms with Gasteiger partial charge in [-0.25, -0.2) is 0 Å². The second-order valence-electron chi connectivity index (χ2n) is 5.45. The quantitative estimate of drug-likeness (QED) is 0.782. The SMILES string of the molecule is CC(=O)c1ccc(C(C)(C)C(=O)c2ccccc2)cc1. The number of carbonyl (C=O) groups is 2. The third-order valence-corrected chi connectivity index (χ3v) is 3.62. The molecule has 0 aliphatic carbocycles. The third kappa shape index (κ3) is 2.69. The number of ketones is 2. The lowest BCUT2D eigenvalue weighted by Gasteiger charge is -2.24. The van der Waals surface area contributed by atoms with E-state index in [1.807, 2.05) is 56.3 Å². The molecule has 20 heavy (non-hydrogen) atoms. The minimum atomic E-state index is -0.614. The Bertz CT molecular complexity index is 622. The Balaban J connectivity index is 2.34. The molecule has 2 aromatic rings. The summed E-state index contributed by atoms with van der Waals surface area (Å²) in [6.07, 6.45) is 0. The lowest BCUT2D eigenvalue weighted by molar-refractivity contribution is 0.0908. The highest BCUT2D eigenvalue weighted by Gasteiger charge is 2.30. The summed E-state index contributed by atoms with van der Waals surface area (Å²) in [6.45, 7) is 5.35. The van der Waals surface area contributed by atoms with Crippen molar-refractivity contribution in [1.82, 2.24) is 0 Å². The van der Waals surface area contributed by atoms with Gasteiger partial charge in [-0.15, -0.1) is 0 Å². The lowest BCUT2D eigenvalue weighted by atomic mass is 9.78. The monoisotopic (exact) mass is 266 g/mol. The minimum absolute atomic E-state index is 0.0312. The van der Waals surface area contributed by atoms with Crippen LogP contribution in [0.2, 0.25) is 0 Å². The molecule has 0 N–H and O–H groups in total. The molecule has 0 aromatic heterocycles. The van der Waals surface area contributed by atoms with Gasteiger partial charge in [-0.05, 0) is 26.3 Å². The molecular formula is C18H18O2. The van der Waals surface area contributed by atoms with Gasteiger partial charge in [0.1, 0.15) is 0 Å².